The molecule has 5 heteroatoms. The van der Waals surface area contributed by atoms with E-state index in [1.54, 1.807) is 6.07 Å². The number of hydrogen-bond acceptors (Lipinski definition) is 4. The number of halogens is 1. The number of piperazine rings is 1. The van der Waals surface area contributed by atoms with E-state index in [2.05, 4.69) is 28.1 Å². The summed E-state index contributed by atoms with van der Waals surface area (Å²) in [4.78, 5) is 9.52. The lowest BCUT2D eigenvalue weighted by Crippen LogP contribution is -2.48. The highest BCUT2D eigenvalue weighted by Gasteiger charge is 2.26. The average molecular weight is 338 g/mol. The van der Waals surface area contributed by atoms with Crippen LogP contribution < -0.4 is 5.32 Å². The maximum Gasteiger partial charge on any atom is 0.141 e. The van der Waals surface area contributed by atoms with E-state index < -0.39 is 0 Å². The Morgan fingerprint density at radius 2 is 1.88 bits per heavy atom. The van der Waals surface area contributed by atoms with Crippen molar-refractivity contribution in [1.82, 2.24) is 9.80 Å². The minimum absolute atomic E-state index is 0.230. The number of fused-ring (bicyclic) bond motifs is 2. The predicted molar refractivity (Wildman–Crippen MR) is 101 cm³/mol. The summed E-state index contributed by atoms with van der Waals surface area (Å²) in [6.07, 6.45) is 0. The summed E-state index contributed by atoms with van der Waals surface area (Å²) in [5.74, 6) is 0.506. The molecule has 2 heterocycles. The highest BCUT2D eigenvalue weighted by atomic mass is 19.1. The molecule has 0 saturated carbocycles. The van der Waals surface area contributed by atoms with Crippen LogP contribution in [0.25, 0.3) is 0 Å². The van der Waals surface area contributed by atoms with Crippen molar-refractivity contribution in [1.29, 1.82) is 0 Å². The molecule has 0 spiro atoms. The predicted octanol–water partition coefficient (Wildman–Crippen LogP) is 3.91. The quantitative estimate of drug-likeness (QED) is 0.855. The van der Waals surface area contributed by atoms with E-state index in [1.807, 2.05) is 25.1 Å². The number of rotatable bonds is 1. The van der Waals surface area contributed by atoms with Crippen LogP contribution >= 0.6 is 0 Å². The summed E-state index contributed by atoms with van der Waals surface area (Å²) in [6, 6.07) is 11.3. The molecule has 1 saturated heterocycles. The Hall–Kier alpha value is -2.40. The van der Waals surface area contributed by atoms with Crippen LogP contribution in [0.15, 0.2) is 41.4 Å². The molecule has 0 amide bonds. The van der Waals surface area contributed by atoms with E-state index in [0.29, 0.717) is 5.56 Å². The SMILES string of the molecule is CCN1CCN(C2=Nc3cc(C)ccc3Nc3cccc(F)c32)CC1. The third kappa shape index (κ3) is 3.00. The summed E-state index contributed by atoms with van der Waals surface area (Å²) in [6.45, 7) is 8.96. The lowest BCUT2D eigenvalue weighted by molar-refractivity contribution is 0.190. The van der Waals surface area contributed by atoms with Gasteiger partial charge in [0.25, 0.3) is 0 Å². The zero-order valence-corrected chi connectivity index (χ0v) is 14.7. The Labute approximate surface area is 148 Å². The first-order valence-electron chi connectivity index (χ1n) is 8.88. The number of nitrogens with zero attached hydrogens (tertiary/aromatic N) is 3. The average Bonchev–Trinajstić information content (AvgIpc) is 2.79. The Morgan fingerprint density at radius 1 is 1.08 bits per heavy atom. The first-order chi connectivity index (χ1) is 12.2. The molecular formula is C20H23FN4. The molecule has 0 aliphatic carbocycles. The van der Waals surface area contributed by atoms with Gasteiger partial charge in [0.2, 0.25) is 0 Å². The van der Waals surface area contributed by atoms with Crippen molar-refractivity contribution in [2.75, 3.05) is 38.0 Å². The Kier molecular flexibility index (Phi) is 4.17. The standard InChI is InChI=1S/C20H23FN4/c1-3-24-9-11-25(12-10-24)20-19-15(21)5-4-6-17(19)22-16-8-7-14(2)13-18(16)23-20/h4-8,13,22H,3,9-12H2,1-2H3. The lowest BCUT2D eigenvalue weighted by Gasteiger charge is -2.36. The lowest BCUT2D eigenvalue weighted by atomic mass is 10.1. The number of hydrogen-bond donors (Lipinski definition) is 1. The van der Waals surface area contributed by atoms with Gasteiger partial charge >= 0.3 is 0 Å². The van der Waals surface area contributed by atoms with Crippen LogP contribution in [0.4, 0.5) is 21.5 Å². The largest absolute Gasteiger partial charge is 0.353 e. The molecular weight excluding hydrogens is 315 g/mol. The molecule has 25 heavy (non-hydrogen) atoms. The molecule has 0 bridgehead atoms. The van der Waals surface area contributed by atoms with Crippen LogP contribution in [0.3, 0.4) is 0 Å². The molecule has 2 aromatic carbocycles. The van der Waals surface area contributed by atoms with Crippen molar-refractivity contribution in [2.45, 2.75) is 13.8 Å². The fourth-order valence-electron chi connectivity index (χ4n) is 3.52. The Bertz CT molecular complexity index is 822. The third-order valence-electron chi connectivity index (χ3n) is 5.01. The van der Waals surface area contributed by atoms with Crippen LogP contribution in [-0.2, 0) is 0 Å². The van der Waals surface area contributed by atoms with Gasteiger partial charge in [0, 0.05) is 26.2 Å². The van der Waals surface area contributed by atoms with Crippen molar-refractivity contribution < 1.29 is 4.39 Å². The van der Waals surface area contributed by atoms with E-state index >= 15 is 0 Å². The number of amidine groups is 1. The normalized spacial score (nSPS) is 17.2. The molecule has 0 atom stereocenters. The van der Waals surface area contributed by atoms with Crippen molar-refractivity contribution in [2.24, 2.45) is 4.99 Å². The van der Waals surface area contributed by atoms with Gasteiger partial charge < -0.3 is 15.1 Å². The van der Waals surface area contributed by atoms with Gasteiger partial charge in [-0.25, -0.2) is 9.38 Å². The fraction of sp³-hybridized carbons (Fsp3) is 0.350. The molecule has 2 aliphatic rings. The maximum absolute atomic E-state index is 14.7. The minimum Gasteiger partial charge on any atom is -0.353 e. The van der Waals surface area contributed by atoms with Gasteiger partial charge in [0.05, 0.1) is 22.6 Å². The van der Waals surface area contributed by atoms with Crippen LogP contribution in [-0.4, -0.2) is 48.4 Å². The molecule has 2 aromatic rings. The van der Waals surface area contributed by atoms with Crippen LogP contribution in [0.1, 0.15) is 18.1 Å². The molecule has 2 aliphatic heterocycles. The van der Waals surface area contributed by atoms with Gasteiger partial charge in [0.15, 0.2) is 0 Å². The van der Waals surface area contributed by atoms with Crippen LogP contribution in [0.2, 0.25) is 0 Å². The van der Waals surface area contributed by atoms with Gasteiger partial charge in [0.1, 0.15) is 11.7 Å². The van der Waals surface area contributed by atoms with Gasteiger partial charge in [-0.3, -0.25) is 0 Å². The molecule has 4 rings (SSSR count). The van der Waals surface area contributed by atoms with E-state index in [9.17, 15) is 4.39 Å². The minimum atomic E-state index is -0.230. The second kappa shape index (κ2) is 6.48. The Morgan fingerprint density at radius 3 is 2.64 bits per heavy atom. The van der Waals surface area contributed by atoms with Crippen molar-refractivity contribution in [3.63, 3.8) is 0 Å². The number of aryl methyl sites for hydroxylation is 1. The van der Waals surface area contributed by atoms with Crippen molar-refractivity contribution in [3.05, 3.63) is 53.3 Å². The zero-order valence-electron chi connectivity index (χ0n) is 14.7. The first kappa shape index (κ1) is 16.1. The van der Waals surface area contributed by atoms with E-state index in [1.165, 1.54) is 6.07 Å². The fourth-order valence-corrected chi connectivity index (χ4v) is 3.52. The summed E-state index contributed by atoms with van der Waals surface area (Å²) in [5.41, 5.74) is 4.27. The number of nitrogens with one attached hydrogen (secondary N) is 1. The molecule has 0 unspecified atom stereocenters. The van der Waals surface area contributed by atoms with Crippen molar-refractivity contribution in [3.8, 4) is 0 Å². The summed E-state index contributed by atoms with van der Waals surface area (Å²) >= 11 is 0. The van der Waals surface area contributed by atoms with Gasteiger partial charge in [-0.2, -0.15) is 0 Å². The number of aliphatic imine (C=N–C) groups is 1. The van der Waals surface area contributed by atoms with Gasteiger partial charge in [-0.1, -0.05) is 19.1 Å². The Balaban J connectivity index is 1.82. The summed E-state index contributed by atoms with van der Waals surface area (Å²) in [7, 11) is 0. The zero-order chi connectivity index (χ0) is 17.4. The van der Waals surface area contributed by atoms with Gasteiger partial charge in [-0.05, 0) is 43.3 Å². The third-order valence-corrected chi connectivity index (χ3v) is 5.01. The van der Waals surface area contributed by atoms with Crippen molar-refractivity contribution >= 4 is 22.9 Å². The number of benzene rings is 2. The highest BCUT2D eigenvalue weighted by molar-refractivity contribution is 6.08. The highest BCUT2D eigenvalue weighted by Crippen LogP contribution is 2.36. The van der Waals surface area contributed by atoms with Crippen LogP contribution in [0.5, 0.6) is 0 Å². The van der Waals surface area contributed by atoms with E-state index in [0.717, 1.165) is 61.2 Å². The topological polar surface area (TPSA) is 30.9 Å². The molecule has 130 valence electrons. The second-order valence-electron chi connectivity index (χ2n) is 6.66. The number of anilines is 2. The molecule has 1 fully saturated rings. The number of likely N-dealkylation sites (N-methyl/N-ethyl adjacent to an activating group) is 1. The van der Waals surface area contributed by atoms with E-state index in [4.69, 9.17) is 4.99 Å². The maximum atomic E-state index is 14.7. The second-order valence-corrected chi connectivity index (χ2v) is 6.66. The summed E-state index contributed by atoms with van der Waals surface area (Å²) in [5, 5.41) is 3.37. The smallest absolute Gasteiger partial charge is 0.141 e. The first-order valence-corrected chi connectivity index (χ1v) is 8.88. The monoisotopic (exact) mass is 338 g/mol. The van der Waals surface area contributed by atoms with E-state index in [-0.39, 0.29) is 5.82 Å². The molecule has 0 radical (unpaired) electrons. The molecule has 0 aromatic heterocycles. The van der Waals surface area contributed by atoms with Crippen LogP contribution in [0, 0.1) is 12.7 Å². The van der Waals surface area contributed by atoms with Gasteiger partial charge in [-0.15, -0.1) is 0 Å². The summed E-state index contributed by atoms with van der Waals surface area (Å²) < 4.78 is 14.7. The molecule has 1 N–H and O–H groups in total. The molecule has 4 nitrogen and oxygen atoms in total.